The van der Waals surface area contributed by atoms with Gasteiger partial charge in [-0.25, -0.2) is 4.79 Å². The van der Waals surface area contributed by atoms with Crippen LogP contribution in [0.5, 0.6) is 0 Å². The number of unbranched alkanes of at least 4 members (excludes halogenated alkanes) is 1. The maximum Gasteiger partial charge on any atom is 0.328 e. The van der Waals surface area contributed by atoms with Crippen LogP contribution in [0.4, 0.5) is 0 Å². The first-order valence-corrected chi connectivity index (χ1v) is 4.14. The van der Waals surface area contributed by atoms with Crippen molar-refractivity contribution in [3.05, 3.63) is 11.6 Å². The molecule has 0 amide bonds. The zero-order valence-corrected chi connectivity index (χ0v) is 7.67. The predicted octanol–water partition coefficient (Wildman–Crippen LogP) is 1.83. The predicted molar refractivity (Wildman–Crippen MR) is 47.1 cm³/mol. The van der Waals surface area contributed by atoms with Crippen LogP contribution in [-0.4, -0.2) is 24.3 Å². The van der Waals surface area contributed by atoms with Gasteiger partial charge < -0.3 is 9.84 Å². The molecular weight excluding hydrogens is 156 g/mol. The van der Waals surface area contributed by atoms with Gasteiger partial charge >= 0.3 is 5.97 Å². The summed E-state index contributed by atoms with van der Waals surface area (Å²) in [5.74, 6) is -0.911. The molecule has 0 aliphatic heterocycles. The molecule has 0 bridgehead atoms. The van der Waals surface area contributed by atoms with Crippen molar-refractivity contribution in [2.24, 2.45) is 0 Å². The first-order valence-electron chi connectivity index (χ1n) is 4.14. The van der Waals surface area contributed by atoms with Crippen LogP contribution in [-0.2, 0) is 9.53 Å². The van der Waals surface area contributed by atoms with Gasteiger partial charge in [0.15, 0.2) is 0 Å². The van der Waals surface area contributed by atoms with Gasteiger partial charge in [0.2, 0.25) is 0 Å². The highest BCUT2D eigenvalue weighted by atomic mass is 16.5. The Morgan fingerprint density at radius 1 is 1.58 bits per heavy atom. The number of carboxylic acids is 1. The van der Waals surface area contributed by atoms with Gasteiger partial charge in [-0.1, -0.05) is 13.3 Å². The lowest BCUT2D eigenvalue weighted by atomic mass is 10.3. The van der Waals surface area contributed by atoms with E-state index in [4.69, 9.17) is 9.84 Å². The number of hydrogen-bond donors (Lipinski definition) is 1. The Kier molecular flexibility index (Phi) is 6.38. The highest BCUT2D eigenvalue weighted by molar-refractivity contribution is 5.80. The second-order valence-corrected chi connectivity index (χ2v) is 2.74. The zero-order chi connectivity index (χ0) is 9.40. The third-order valence-corrected chi connectivity index (χ3v) is 1.34. The standard InChI is InChI=1S/C9H16O3/c1-3-4-5-12-7-8(2)6-9(10)11/h6H,3-5,7H2,1-2H3,(H,10,11). The molecule has 0 unspecified atom stereocenters. The Bertz CT molecular complexity index is 161. The molecule has 0 aromatic rings. The molecule has 70 valence electrons. The number of ether oxygens (including phenoxy) is 1. The number of carbonyl (C=O) groups is 1. The Labute approximate surface area is 73.0 Å². The minimum atomic E-state index is -0.911. The summed E-state index contributed by atoms with van der Waals surface area (Å²) in [5, 5.41) is 8.35. The molecule has 1 N–H and O–H groups in total. The average molecular weight is 172 g/mol. The number of hydrogen-bond acceptors (Lipinski definition) is 2. The fourth-order valence-electron chi connectivity index (χ4n) is 0.732. The van der Waals surface area contributed by atoms with Gasteiger partial charge in [-0.3, -0.25) is 0 Å². The van der Waals surface area contributed by atoms with Crippen molar-refractivity contribution in [2.75, 3.05) is 13.2 Å². The summed E-state index contributed by atoms with van der Waals surface area (Å²) >= 11 is 0. The lowest BCUT2D eigenvalue weighted by Gasteiger charge is -2.01. The van der Waals surface area contributed by atoms with E-state index in [2.05, 4.69) is 6.92 Å². The van der Waals surface area contributed by atoms with Crippen LogP contribution in [0.15, 0.2) is 11.6 Å². The van der Waals surface area contributed by atoms with Gasteiger partial charge in [-0.2, -0.15) is 0 Å². The van der Waals surface area contributed by atoms with Crippen LogP contribution in [0.1, 0.15) is 26.7 Å². The van der Waals surface area contributed by atoms with Gasteiger partial charge in [0.25, 0.3) is 0 Å². The monoisotopic (exact) mass is 172 g/mol. The SMILES string of the molecule is CCCCOCC(C)=CC(=O)O. The molecule has 3 heteroatoms. The van der Waals surface area contributed by atoms with E-state index < -0.39 is 5.97 Å². The van der Waals surface area contributed by atoms with Gasteiger partial charge in [-0.05, 0) is 18.9 Å². The molecule has 0 aromatic heterocycles. The topological polar surface area (TPSA) is 46.5 Å². The first-order chi connectivity index (χ1) is 5.66. The Hall–Kier alpha value is -0.830. The summed E-state index contributed by atoms with van der Waals surface area (Å²) < 4.78 is 5.21. The molecular formula is C9H16O3. The third kappa shape index (κ3) is 7.28. The van der Waals surface area contributed by atoms with Crippen molar-refractivity contribution in [1.82, 2.24) is 0 Å². The highest BCUT2D eigenvalue weighted by Gasteiger charge is 1.93. The van der Waals surface area contributed by atoms with Crippen molar-refractivity contribution in [3.8, 4) is 0 Å². The summed E-state index contributed by atoms with van der Waals surface area (Å²) in [7, 11) is 0. The minimum Gasteiger partial charge on any atom is -0.478 e. The van der Waals surface area contributed by atoms with Gasteiger partial charge in [0.05, 0.1) is 6.61 Å². The van der Waals surface area contributed by atoms with Crippen molar-refractivity contribution in [1.29, 1.82) is 0 Å². The van der Waals surface area contributed by atoms with Gasteiger partial charge in [0, 0.05) is 12.7 Å². The highest BCUT2D eigenvalue weighted by Crippen LogP contribution is 1.95. The minimum absolute atomic E-state index is 0.423. The molecule has 12 heavy (non-hydrogen) atoms. The molecule has 0 rings (SSSR count). The Morgan fingerprint density at radius 3 is 2.75 bits per heavy atom. The van der Waals surface area contributed by atoms with E-state index in [9.17, 15) is 4.79 Å². The van der Waals surface area contributed by atoms with Crippen molar-refractivity contribution < 1.29 is 14.6 Å². The second-order valence-electron chi connectivity index (χ2n) is 2.74. The van der Waals surface area contributed by atoms with Gasteiger partial charge in [0.1, 0.15) is 0 Å². The first kappa shape index (κ1) is 11.2. The lowest BCUT2D eigenvalue weighted by Crippen LogP contribution is -2.00. The van der Waals surface area contributed by atoms with Crippen molar-refractivity contribution >= 4 is 5.97 Å². The number of carboxylic acid groups (broad SMARTS) is 1. The third-order valence-electron chi connectivity index (χ3n) is 1.34. The largest absolute Gasteiger partial charge is 0.478 e. The molecule has 0 aliphatic rings. The molecule has 0 aliphatic carbocycles. The van der Waals surface area contributed by atoms with Crippen LogP contribution < -0.4 is 0 Å². The summed E-state index contributed by atoms with van der Waals surface area (Å²) in [6.45, 7) is 4.97. The summed E-state index contributed by atoms with van der Waals surface area (Å²) in [6, 6.07) is 0. The molecule has 0 fully saturated rings. The molecule has 0 atom stereocenters. The zero-order valence-electron chi connectivity index (χ0n) is 7.67. The normalized spacial score (nSPS) is 11.7. The Balaban J connectivity index is 3.43. The van der Waals surface area contributed by atoms with E-state index in [1.165, 1.54) is 6.08 Å². The van der Waals surface area contributed by atoms with E-state index in [-0.39, 0.29) is 0 Å². The number of rotatable bonds is 6. The lowest BCUT2D eigenvalue weighted by molar-refractivity contribution is -0.131. The molecule has 0 spiro atoms. The second kappa shape index (κ2) is 6.85. The molecule has 3 nitrogen and oxygen atoms in total. The molecule has 0 saturated carbocycles. The van der Waals surface area contributed by atoms with Crippen LogP contribution in [0.25, 0.3) is 0 Å². The van der Waals surface area contributed by atoms with E-state index in [0.717, 1.165) is 18.4 Å². The Morgan fingerprint density at radius 2 is 2.25 bits per heavy atom. The van der Waals surface area contributed by atoms with Crippen LogP contribution in [0.2, 0.25) is 0 Å². The maximum absolute atomic E-state index is 10.2. The maximum atomic E-state index is 10.2. The molecule has 0 saturated heterocycles. The smallest absolute Gasteiger partial charge is 0.328 e. The molecule has 0 aromatic carbocycles. The fourth-order valence-corrected chi connectivity index (χ4v) is 0.732. The summed E-state index contributed by atoms with van der Waals surface area (Å²) in [6.07, 6.45) is 3.30. The summed E-state index contributed by atoms with van der Waals surface area (Å²) in [5.41, 5.74) is 0.749. The van der Waals surface area contributed by atoms with Gasteiger partial charge in [-0.15, -0.1) is 0 Å². The van der Waals surface area contributed by atoms with E-state index in [0.29, 0.717) is 13.2 Å². The van der Waals surface area contributed by atoms with E-state index >= 15 is 0 Å². The van der Waals surface area contributed by atoms with E-state index in [1.54, 1.807) is 6.92 Å². The summed E-state index contributed by atoms with van der Waals surface area (Å²) in [4.78, 5) is 10.2. The van der Waals surface area contributed by atoms with Crippen molar-refractivity contribution in [3.63, 3.8) is 0 Å². The molecule has 0 radical (unpaired) electrons. The van der Waals surface area contributed by atoms with E-state index in [1.807, 2.05) is 0 Å². The fraction of sp³-hybridized carbons (Fsp3) is 0.667. The number of aliphatic carboxylic acids is 1. The molecule has 0 heterocycles. The van der Waals surface area contributed by atoms with Crippen LogP contribution in [0.3, 0.4) is 0 Å². The van der Waals surface area contributed by atoms with Crippen LogP contribution >= 0.6 is 0 Å². The van der Waals surface area contributed by atoms with Crippen LogP contribution in [0, 0.1) is 0 Å². The van der Waals surface area contributed by atoms with Crippen molar-refractivity contribution in [2.45, 2.75) is 26.7 Å². The average Bonchev–Trinajstić information content (AvgIpc) is 1.97. The quantitative estimate of drug-likeness (QED) is 0.491.